The predicted molar refractivity (Wildman–Crippen MR) is 53.6 cm³/mol. The van der Waals surface area contributed by atoms with Gasteiger partial charge in [0.2, 0.25) is 0 Å². The van der Waals surface area contributed by atoms with E-state index in [-0.39, 0.29) is 3.70 Å². The number of carboxylic acid groups (broad SMARTS) is 1. The van der Waals surface area contributed by atoms with Gasteiger partial charge in [-0.2, -0.15) is 5.26 Å². The topological polar surface area (TPSA) is 74.0 Å². The van der Waals surface area contributed by atoms with E-state index in [2.05, 4.69) is 4.98 Å². The molecule has 0 atom stereocenters. The van der Waals surface area contributed by atoms with Crippen molar-refractivity contribution >= 4 is 28.6 Å². The summed E-state index contributed by atoms with van der Waals surface area (Å²) in [6.07, 6.45) is -2.97. The Labute approximate surface area is 96.7 Å². The molecular formula is C8H3F2IN2O2. The van der Waals surface area contributed by atoms with E-state index < -0.39 is 29.2 Å². The van der Waals surface area contributed by atoms with E-state index in [9.17, 15) is 13.6 Å². The van der Waals surface area contributed by atoms with Crippen LogP contribution in [0.4, 0.5) is 8.78 Å². The average Bonchev–Trinajstić information content (AvgIpc) is 2.16. The van der Waals surface area contributed by atoms with Crippen LogP contribution in [-0.2, 0) is 0 Å². The third kappa shape index (κ3) is 2.38. The third-order valence-corrected chi connectivity index (χ3v) is 2.12. The van der Waals surface area contributed by atoms with Crippen LogP contribution in [0, 0.1) is 15.0 Å². The molecule has 0 aliphatic heterocycles. The molecule has 0 aliphatic rings. The molecule has 1 aromatic rings. The van der Waals surface area contributed by atoms with Crippen molar-refractivity contribution in [2.75, 3.05) is 0 Å². The van der Waals surface area contributed by atoms with E-state index in [1.54, 1.807) is 22.6 Å². The second kappa shape index (κ2) is 4.48. The van der Waals surface area contributed by atoms with Crippen LogP contribution in [0.1, 0.15) is 28.0 Å². The zero-order valence-corrected chi connectivity index (χ0v) is 9.20. The van der Waals surface area contributed by atoms with Gasteiger partial charge in [-0.15, -0.1) is 0 Å². The van der Waals surface area contributed by atoms with Crippen molar-refractivity contribution in [3.8, 4) is 6.07 Å². The van der Waals surface area contributed by atoms with Crippen LogP contribution in [-0.4, -0.2) is 16.1 Å². The molecule has 0 spiro atoms. The number of hydrogen-bond acceptors (Lipinski definition) is 3. The summed E-state index contributed by atoms with van der Waals surface area (Å²) in [7, 11) is 0. The molecule has 0 saturated carbocycles. The Morgan fingerprint density at radius 2 is 2.27 bits per heavy atom. The first-order valence-corrected chi connectivity index (χ1v) is 4.67. The molecule has 0 radical (unpaired) electrons. The number of carbonyl (C=O) groups is 1. The lowest BCUT2D eigenvalue weighted by Gasteiger charge is -2.05. The fourth-order valence-electron chi connectivity index (χ4n) is 0.977. The Bertz CT molecular complexity index is 457. The third-order valence-electron chi connectivity index (χ3n) is 1.57. The van der Waals surface area contributed by atoms with Crippen LogP contribution < -0.4 is 0 Å². The maximum atomic E-state index is 12.4. The standard InChI is InChI=1S/C8H3F2IN2O2/c9-7(10)6-4(2-12)3(8(14)15)1-5(11)13-6/h1,7H,(H,14,15). The molecule has 0 amide bonds. The number of pyridine rings is 1. The minimum Gasteiger partial charge on any atom is -0.478 e. The lowest BCUT2D eigenvalue weighted by molar-refractivity contribution is 0.0695. The minimum absolute atomic E-state index is 0.110. The summed E-state index contributed by atoms with van der Waals surface area (Å²) in [5, 5.41) is 17.3. The molecule has 1 N–H and O–H groups in total. The number of rotatable bonds is 2. The van der Waals surface area contributed by atoms with Crippen molar-refractivity contribution < 1.29 is 18.7 Å². The number of hydrogen-bond donors (Lipinski definition) is 1. The van der Waals surface area contributed by atoms with Crippen molar-refractivity contribution in [3.63, 3.8) is 0 Å². The van der Waals surface area contributed by atoms with Crippen LogP contribution in [0.3, 0.4) is 0 Å². The van der Waals surface area contributed by atoms with Crippen molar-refractivity contribution in [1.29, 1.82) is 5.26 Å². The summed E-state index contributed by atoms with van der Waals surface area (Å²) < 4.78 is 25.0. The molecular weight excluding hydrogens is 321 g/mol. The Balaban J connectivity index is 3.54. The molecule has 0 saturated heterocycles. The van der Waals surface area contributed by atoms with Gasteiger partial charge in [0.05, 0.1) is 11.1 Å². The molecule has 7 heteroatoms. The molecule has 1 heterocycles. The van der Waals surface area contributed by atoms with Gasteiger partial charge in [0.1, 0.15) is 15.5 Å². The Morgan fingerprint density at radius 3 is 2.67 bits per heavy atom. The molecule has 1 rings (SSSR count). The number of aromatic carboxylic acids is 1. The molecule has 0 bridgehead atoms. The average molecular weight is 324 g/mol. The molecule has 15 heavy (non-hydrogen) atoms. The maximum Gasteiger partial charge on any atom is 0.337 e. The van der Waals surface area contributed by atoms with Crippen LogP contribution >= 0.6 is 22.6 Å². The molecule has 4 nitrogen and oxygen atoms in total. The van der Waals surface area contributed by atoms with Gasteiger partial charge >= 0.3 is 5.97 Å². The summed E-state index contributed by atoms with van der Waals surface area (Å²) in [6, 6.07) is 2.50. The van der Waals surface area contributed by atoms with E-state index in [1.807, 2.05) is 0 Å². The minimum atomic E-state index is -2.97. The highest BCUT2D eigenvalue weighted by molar-refractivity contribution is 14.1. The molecule has 0 aromatic carbocycles. The summed E-state index contributed by atoms with van der Waals surface area (Å²) in [5.74, 6) is -1.42. The monoisotopic (exact) mass is 324 g/mol. The van der Waals surface area contributed by atoms with Crippen LogP contribution in [0.5, 0.6) is 0 Å². The van der Waals surface area contributed by atoms with Gasteiger partial charge in [0, 0.05) is 0 Å². The van der Waals surface area contributed by atoms with E-state index in [4.69, 9.17) is 10.4 Å². The summed E-state index contributed by atoms with van der Waals surface area (Å²) in [5.41, 5.74) is -1.83. The van der Waals surface area contributed by atoms with Crippen molar-refractivity contribution in [1.82, 2.24) is 4.98 Å². The number of nitrogens with zero attached hydrogens (tertiary/aromatic N) is 2. The van der Waals surface area contributed by atoms with Gasteiger partial charge in [-0.3, -0.25) is 0 Å². The van der Waals surface area contributed by atoms with Crippen LogP contribution in [0.2, 0.25) is 0 Å². The van der Waals surface area contributed by atoms with Crippen molar-refractivity contribution in [3.05, 3.63) is 26.6 Å². The highest BCUT2D eigenvalue weighted by Gasteiger charge is 2.22. The fraction of sp³-hybridized carbons (Fsp3) is 0.125. The van der Waals surface area contributed by atoms with Gasteiger partial charge in [-0.25, -0.2) is 18.6 Å². The number of alkyl halides is 2. The molecule has 0 fully saturated rings. The number of carboxylic acids is 1. The highest BCUT2D eigenvalue weighted by atomic mass is 127. The van der Waals surface area contributed by atoms with Gasteiger partial charge in [0.15, 0.2) is 0 Å². The fourth-order valence-corrected chi connectivity index (χ4v) is 1.55. The number of nitriles is 1. The Morgan fingerprint density at radius 1 is 1.67 bits per heavy atom. The summed E-state index contributed by atoms with van der Waals surface area (Å²) in [6.45, 7) is 0. The van der Waals surface area contributed by atoms with E-state index in [1.165, 1.54) is 6.07 Å². The molecule has 1 aromatic heterocycles. The lowest BCUT2D eigenvalue weighted by Crippen LogP contribution is -2.07. The first-order chi connectivity index (χ1) is 6.97. The quantitative estimate of drug-likeness (QED) is 0.668. The van der Waals surface area contributed by atoms with Gasteiger partial charge in [-0.1, -0.05) is 0 Å². The van der Waals surface area contributed by atoms with Gasteiger partial charge in [0.25, 0.3) is 6.43 Å². The summed E-state index contributed by atoms with van der Waals surface area (Å²) >= 11 is 1.61. The molecule has 0 aliphatic carbocycles. The number of aromatic nitrogens is 1. The van der Waals surface area contributed by atoms with Crippen molar-refractivity contribution in [2.45, 2.75) is 6.43 Å². The normalized spacial score (nSPS) is 10.1. The zero-order chi connectivity index (χ0) is 11.6. The first-order valence-electron chi connectivity index (χ1n) is 3.59. The Kier molecular flexibility index (Phi) is 3.52. The zero-order valence-electron chi connectivity index (χ0n) is 7.04. The summed E-state index contributed by atoms with van der Waals surface area (Å²) in [4.78, 5) is 14.1. The van der Waals surface area contributed by atoms with E-state index in [0.717, 1.165) is 6.07 Å². The molecule has 0 unspecified atom stereocenters. The predicted octanol–water partition coefficient (Wildman–Crippen LogP) is 2.19. The van der Waals surface area contributed by atoms with Gasteiger partial charge < -0.3 is 5.11 Å². The SMILES string of the molecule is N#Cc1c(C(=O)O)cc(I)nc1C(F)F. The van der Waals surface area contributed by atoms with Crippen LogP contribution in [0.15, 0.2) is 6.07 Å². The highest BCUT2D eigenvalue weighted by Crippen LogP contribution is 2.24. The van der Waals surface area contributed by atoms with Gasteiger partial charge in [-0.05, 0) is 28.7 Å². The molecule has 78 valence electrons. The van der Waals surface area contributed by atoms with Crippen LogP contribution in [0.25, 0.3) is 0 Å². The smallest absolute Gasteiger partial charge is 0.337 e. The number of halogens is 3. The lowest BCUT2D eigenvalue weighted by atomic mass is 10.1. The van der Waals surface area contributed by atoms with Crippen molar-refractivity contribution in [2.24, 2.45) is 0 Å². The maximum absolute atomic E-state index is 12.4. The second-order valence-corrected chi connectivity index (χ2v) is 3.58. The van der Waals surface area contributed by atoms with E-state index in [0.29, 0.717) is 0 Å². The second-order valence-electron chi connectivity index (χ2n) is 2.47. The Hall–Kier alpha value is -1.30. The van der Waals surface area contributed by atoms with E-state index >= 15 is 0 Å². The largest absolute Gasteiger partial charge is 0.478 e. The first kappa shape index (κ1) is 11.8.